The molecule has 2 fully saturated rings. The quantitative estimate of drug-likeness (QED) is 0.745. The first-order valence-corrected chi connectivity index (χ1v) is 9.09. The van der Waals surface area contributed by atoms with Crippen LogP contribution in [0, 0.1) is 38.9 Å². The smallest absolute Gasteiger partial charge is 0.314 e. The number of amidine groups is 1. The second-order valence-electron chi connectivity index (χ2n) is 7.09. The van der Waals surface area contributed by atoms with E-state index in [4.69, 9.17) is 15.2 Å². The van der Waals surface area contributed by atoms with Gasteiger partial charge in [-0.05, 0) is 26.7 Å². The van der Waals surface area contributed by atoms with Gasteiger partial charge >= 0.3 is 5.91 Å². The van der Waals surface area contributed by atoms with Crippen LogP contribution in [0.1, 0.15) is 58.8 Å². The summed E-state index contributed by atoms with van der Waals surface area (Å²) in [6.07, 6.45) is 7.14. The van der Waals surface area contributed by atoms with Crippen LogP contribution in [0.15, 0.2) is 0 Å². The molecule has 0 bridgehead atoms. The molecule has 3 N–H and O–H groups in total. The standard InChI is InChI=1S/C18H26N4O2/c1-3-23-18(24-4-2)17(13-20)15(10-8-6-5-7-9-11-15)16(17,12-19)14(21)22-18/h3-11H2,1-2H3,(H2,21,22)/p+1/t16-,17+/m1/s1. The molecule has 3 aliphatic rings. The van der Waals surface area contributed by atoms with Crippen LogP contribution < -0.4 is 10.7 Å². The number of nitrogens with one attached hydrogen (secondary N) is 1. The van der Waals surface area contributed by atoms with E-state index in [2.05, 4.69) is 17.1 Å². The minimum absolute atomic E-state index is 0.342. The predicted octanol–water partition coefficient (Wildman–Crippen LogP) is 0.929. The fourth-order valence-electron chi connectivity index (χ4n) is 5.59. The number of fused-ring (bicyclic) bond motifs is 3. The third kappa shape index (κ3) is 1.59. The van der Waals surface area contributed by atoms with Gasteiger partial charge < -0.3 is 9.47 Å². The van der Waals surface area contributed by atoms with Crippen molar-refractivity contribution >= 4 is 5.84 Å². The largest absolute Gasteiger partial charge is 0.343 e. The zero-order valence-electron chi connectivity index (χ0n) is 14.7. The lowest BCUT2D eigenvalue weighted by Gasteiger charge is -2.33. The molecule has 2 saturated carbocycles. The van der Waals surface area contributed by atoms with Gasteiger partial charge in [-0.25, -0.2) is 4.99 Å². The van der Waals surface area contributed by atoms with Crippen molar-refractivity contribution in [2.75, 3.05) is 13.2 Å². The molecule has 3 rings (SSSR count). The summed E-state index contributed by atoms with van der Waals surface area (Å²) in [5.41, 5.74) is 3.73. The highest BCUT2D eigenvalue weighted by molar-refractivity contribution is 5.95. The third-order valence-corrected chi connectivity index (χ3v) is 6.37. The molecule has 6 nitrogen and oxygen atoms in total. The van der Waals surface area contributed by atoms with Crippen LogP contribution in [0.5, 0.6) is 0 Å². The van der Waals surface area contributed by atoms with Crippen molar-refractivity contribution in [1.29, 1.82) is 10.5 Å². The number of rotatable bonds is 4. The topological polar surface area (TPSA) is 106 Å². The Kier molecular flexibility index (Phi) is 4.10. The van der Waals surface area contributed by atoms with E-state index in [1.54, 1.807) is 0 Å². The molecule has 0 unspecified atom stereocenters. The summed E-state index contributed by atoms with van der Waals surface area (Å²) in [4.78, 5) is 3.06. The average molecular weight is 331 g/mol. The van der Waals surface area contributed by atoms with E-state index in [0.29, 0.717) is 19.0 Å². The summed E-state index contributed by atoms with van der Waals surface area (Å²) in [6.45, 7) is 4.48. The molecule has 130 valence electrons. The number of hydrogen-bond acceptors (Lipinski definition) is 5. The summed E-state index contributed by atoms with van der Waals surface area (Å²) >= 11 is 0. The van der Waals surface area contributed by atoms with E-state index in [-0.39, 0.29) is 0 Å². The van der Waals surface area contributed by atoms with Gasteiger partial charge in [0.25, 0.3) is 5.84 Å². The van der Waals surface area contributed by atoms with E-state index in [9.17, 15) is 10.5 Å². The molecule has 0 radical (unpaired) electrons. The first kappa shape index (κ1) is 17.2. The molecule has 1 heterocycles. The number of ether oxygens (including phenoxy) is 2. The summed E-state index contributed by atoms with van der Waals surface area (Å²) in [5.74, 6) is -0.987. The van der Waals surface area contributed by atoms with Crippen molar-refractivity contribution in [3.05, 3.63) is 0 Å². The number of hydrogen-bond donors (Lipinski definition) is 2. The van der Waals surface area contributed by atoms with E-state index in [0.717, 1.165) is 38.5 Å². The van der Waals surface area contributed by atoms with Gasteiger partial charge in [0.1, 0.15) is 0 Å². The molecule has 0 aromatic rings. The number of nitrogens with two attached hydrogens (primary N) is 1. The summed E-state index contributed by atoms with van der Waals surface area (Å²) in [6, 6.07) is 4.90. The zero-order valence-corrected chi connectivity index (χ0v) is 14.7. The van der Waals surface area contributed by atoms with Crippen molar-refractivity contribution in [3.63, 3.8) is 0 Å². The van der Waals surface area contributed by atoms with Gasteiger partial charge in [0.05, 0.1) is 25.4 Å². The van der Waals surface area contributed by atoms with Gasteiger partial charge in [0.15, 0.2) is 10.8 Å². The molecule has 0 saturated heterocycles. The highest BCUT2D eigenvalue weighted by atomic mass is 16.7. The maximum absolute atomic E-state index is 10.3. The molecular formula is C18H27N4O2+. The molecule has 1 spiro atoms. The summed E-state index contributed by atoms with van der Waals surface area (Å²) in [5, 5.41) is 20.4. The fraction of sp³-hybridized carbons (Fsp3) is 0.833. The Morgan fingerprint density at radius 1 is 1.00 bits per heavy atom. The third-order valence-electron chi connectivity index (χ3n) is 6.37. The molecule has 24 heavy (non-hydrogen) atoms. The van der Waals surface area contributed by atoms with Crippen molar-refractivity contribution in [2.45, 2.75) is 64.7 Å². The van der Waals surface area contributed by atoms with Crippen LogP contribution in [0.25, 0.3) is 0 Å². The fourth-order valence-corrected chi connectivity index (χ4v) is 5.59. The maximum atomic E-state index is 10.3. The van der Waals surface area contributed by atoms with Crippen molar-refractivity contribution in [3.8, 4) is 12.1 Å². The molecule has 0 aromatic heterocycles. The summed E-state index contributed by atoms with van der Waals surface area (Å²) in [7, 11) is 0. The Balaban J connectivity index is 2.18. The van der Waals surface area contributed by atoms with Crippen molar-refractivity contribution in [2.24, 2.45) is 22.0 Å². The van der Waals surface area contributed by atoms with Crippen LogP contribution >= 0.6 is 0 Å². The van der Waals surface area contributed by atoms with Crippen LogP contribution in [0.2, 0.25) is 0 Å². The van der Waals surface area contributed by atoms with Gasteiger partial charge in [-0.2, -0.15) is 10.5 Å². The predicted molar refractivity (Wildman–Crippen MR) is 87.0 cm³/mol. The molecule has 2 aliphatic carbocycles. The Labute approximate surface area is 143 Å². The van der Waals surface area contributed by atoms with Gasteiger partial charge in [-0.1, -0.05) is 32.1 Å². The zero-order chi connectivity index (χ0) is 17.5. The first-order chi connectivity index (χ1) is 11.6. The Morgan fingerprint density at radius 3 is 2.00 bits per heavy atom. The second-order valence-corrected chi connectivity index (χ2v) is 7.09. The van der Waals surface area contributed by atoms with Crippen molar-refractivity contribution < 1.29 is 14.5 Å². The van der Waals surface area contributed by atoms with Crippen LogP contribution in [-0.2, 0) is 9.47 Å². The molecule has 2 atom stereocenters. The molecule has 6 heteroatoms. The average Bonchev–Trinajstić information content (AvgIpc) is 3.01. The van der Waals surface area contributed by atoms with Gasteiger partial charge in [-0.3, -0.25) is 5.73 Å². The van der Waals surface area contributed by atoms with Gasteiger partial charge in [0.2, 0.25) is 0 Å². The summed E-state index contributed by atoms with van der Waals surface area (Å²) < 4.78 is 11.9. The first-order valence-electron chi connectivity index (χ1n) is 9.09. The van der Waals surface area contributed by atoms with Gasteiger partial charge in [-0.15, -0.1) is 0 Å². The lowest BCUT2D eigenvalue weighted by atomic mass is 9.78. The molecule has 1 aliphatic heterocycles. The molecule has 0 amide bonds. The Hall–Kier alpha value is -1.63. The Morgan fingerprint density at radius 2 is 1.54 bits per heavy atom. The van der Waals surface area contributed by atoms with Crippen LogP contribution in [0.4, 0.5) is 0 Å². The van der Waals surface area contributed by atoms with Crippen LogP contribution in [-0.4, -0.2) is 25.0 Å². The van der Waals surface area contributed by atoms with E-state index < -0.39 is 22.2 Å². The minimum Gasteiger partial charge on any atom is -0.314 e. The second kappa shape index (κ2) is 5.72. The van der Waals surface area contributed by atoms with Gasteiger partial charge in [0, 0.05) is 5.41 Å². The monoisotopic (exact) mass is 331 g/mol. The lowest BCUT2D eigenvalue weighted by molar-refractivity contribution is -0.695. The minimum atomic E-state index is -1.33. The molecule has 0 aromatic carbocycles. The number of nitriles is 2. The number of nitrogens with zero attached hydrogens (tertiary/aromatic N) is 2. The highest BCUT2D eigenvalue weighted by Crippen LogP contribution is 2.85. The van der Waals surface area contributed by atoms with Crippen LogP contribution in [0.3, 0.4) is 0 Å². The van der Waals surface area contributed by atoms with E-state index in [1.165, 1.54) is 6.42 Å². The molecular weight excluding hydrogens is 304 g/mol. The van der Waals surface area contributed by atoms with E-state index >= 15 is 0 Å². The highest BCUT2D eigenvalue weighted by Gasteiger charge is 3.03. The van der Waals surface area contributed by atoms with E-state index in [1.807, 2.05) is 13.8 Å². The SMILES string of the molecule is CCOC1(OCC)[NH+]=C(N)[C@]2(C#N)C3(CCCCCCC3)[C@]12C#N. The Bertz CT molecular complexity index is 618. The lowest BCUT2D eigenvalue weighted by Crippen LogP contribution is -2.91. The maximum Gasteiger partial charge on any atom is 0.343 e. The van der Waals surface area contributed by atoms with Crippen molar-refractivity contribution in [1.82, 2.24) is 0 Å². The normalized spacial score (nSPS) is 35.9.